The Labute approximate surface area is 103 Å². The number of hydrogen-bond donors (Lipinski definition) is 0. The van der Waals surface area contributed by atoms with Crippen molar-refractivity contribution in [1.29, 1.82) is 0 Å². The first-order valence-electron chi connectivity index (χ1n) is 5.48. The molecule has 0 radical (unpaired) electrons. The van der Waals surface area contributed by atoms with Crippen LogP contribution in [0, 0.1) is 6.92 Å². The van der Waals surface area contributed by atoms with Crippen molar-refractivity contribution in [2.24, 2.45) is 0 Å². The third-order valence-electron chi connectivity index (χ3n) is 3.04. The van der Waals surface area contributed by atoms with Gasteiger partial charge < -0.3 is 4.74 Å². The summed E-state index contributed by atoms with van der Waals surface area (Å²) < 4.78 is 19.3. The molecule has 0 bridgehead atoms. The SMILES string of the molecule is Cc1ccc2c(c1)C1=CC(=O)C=CC1(F)OC2=O. The monoisotopic (exact) mass is 244 g/mol. The van der Waals surface area contributed by atoms with Gasteiger partial charge in [-0.3, -0.25) is 4.79 Å². The van der Waals surface area contributed by atoms with Crippen LogP contribution >= 0.6 is 0 Å². The third-order valence-corrected chi connectivity index (χ3v) is 3.04. The van der Waals surface area contributed by atoms with Crippen LogP contribution in [0.25, 0.3) is 5.57 Å². The van der Waals surface area contributed by atoms with Gasteiger partial charge in [0, 0.05) is 11.6 Å². The van der Waals surface area contributed by atoms with Crippen molar-refractivity contribution in [2.45, 2.75) is 12.8 Å². The van der Waals surface area contributed by atoms with Crippen LogP contribution in [0.5, 0.6) is 0 Å². The molecule has 0 aromatic heterocycles. The molecule has 90 valence electrons. The van der Waals surface area contributed by atoms with Crippen molar-refractivity contribution in [3.05, 3.63) is 53.1 Å². The lowest BCUT2D eigenvalue weighted by Gasteiger charge is -2.32. The Balaban J connectivity index is 2.29. The van der Waals surface area contributed by atoms with E-state index in [4.69, 9.17) is 4.74 Å². The van der Waals surface area contributed by atoms with Gasteiger partial charge in [-0.05, 0) is 30.7 Å². The molecule has 1 aromatic rings. The molecule has 1 aromatic carbocycles. The molecule has 1 heterocycles. The maximum Gasteiger partial charge on any atom is 0.341 e. The molecule has 0 saturated heterocycles. The Kier molecular flexibility index (Phi) is 2.05. The van der Waals surface area contributed by atoms with E-state index < -0.39 is 11.8 Å². The number of esters is 1. The summed E-state index contributed by atoms with van der Waals surface area (Å²) in [6, 6.07) is 5.00. The first-order valence-corrected chi connectivity index (χ1v) is 5.48. The first-order chi connectivity index (χ1) is 8.49. The molecule has 0 amide bonds. The number of halogens is 1. The van der Waals surface area contributed by atoms with E-state index >= 15 is 0 Å². The maximum atomic E-state index is 14.5. The summed E-state index contributed by atoms with van der Waals surface area (Å²) in [5.74, 6) is -3.36. The summed E-state index contributed by atoms with van der Waals surface area (Å²) in [7, 11) is 0. The Morgan fingerprint density at radius 1 is 1.22 bits per heavy atom. The van der Waals surface area contributed by atoms with E-state index in [0.29, 0.717) is 5.56 Å². The van der Waals surface area contributed by atoms with Gasteiger partial charge in [-0.1, -0.05) is 17.7 Å². The number of rotatable bonds is 0. The number of carbonyl (C=O) groups is 2. The molecular weight excluding hydrogens is 235 g/mol. The summed E-state index contributed by atoms with van der Waals surface area (Å²) in [4.78, 5) is 23.1. The van der Waals surface area contributed by atoms with Gasteiger partial charge >= 0.3 is 5.97 Å². The minimum atomic E-state index is -2.33. The molecule has 0 fully saturated rings. The van der Waals surface area contributed by atoms with Gasteiger partial charge in [-0.25, -0.2) is 4.79 Å². The van der Waals surface area contributed by atoms with Gasteiger partial charge in [0.25, 0.3) is 5.85 Å². The molecule has 1 atom stereocenters. The topological polar surface area (TPSA) is 43.4 Å². The number of allylic oxidation sites excluding steroid dienone is 2. The van der Waals surface area contributed by atoms with Gasteiger partial charge in [0.2, 0.25) is 0 Å². The van der Waals surface area contributed by atoms with Crippen molar-refractivity contribution in [1.82, 2.24) is 0 Å². The summed E-state index contributed by atoms with van der Waals surface area (Å²) in [6.07, 6.45) is 3.22. The lowest BCUT2D eigenvalue weighted by Crippen LogP contribution is -2.36. The van der Waals surface area contributed by atoms with E-state index in [1.54, 1.807) is 18.2 Å². The summed E-state index contributed by atoms with van der Waals surface area (Å²) >= 11 is 0. The van der Waals surface area contributed by atoms with Crippen molar-refractivity contribution >= 4 is 17.3 Å². The number of carbonyl (C=O) groups excluding carboxylic acids is 2. The van der Waals surface area contributed by atoms with Gasteiger partial charge in [0.05, 0.1) is 5.56 Å². The number of aryl methyl sites for hydroxylation is 1. The highest BCUT2D eigenvalue weighted by Crippen LogP contribution is 2.42. The van der Waals surface area contributed by atoms with Crippen LogP contribution in [-0.4, -0.2) is 17.6 Å². The minimum Gasteiger partial charge on any atom is -0.417 e. The molecular formula is C14H9FO3. The van der Waals surface area contributed by atoms with Gasteiger partial charge in [-0.15, -0.1) is 0 Å². The maximum absolute atomic E-state index is 14.5. The molecule has 18 heavy (non-hydrogen) atoms. The van der Waals surface area contributed by atoms with Crippen LogP contribution in [0.2, 0.25) is 0 Å². The van der Waals surface area contributed by atoms with E-state index in [1.807, 2.05) is 6.92 Å². The predicted molar refractivity (Wildman–Crippen MR) is 62.6 cm³/mol. The Morgan fingerprint density at radius 2 is 2.00 bits per heavy atom. The average molecular weight is 244 g/mol. The fourth-order valence-corrected chi connectivity index (χ4v) is 2.17. The Morgan fingerprint density at radius 3 is 2.78 bits per heavy atom. The normalized spacial score (nSPS) is 25.1. The highest BCUT2D eigenvalue weighted by molar-refractivity contribution is 6.11. The van der Waals surface area contributed by atoms with Gasteiger partial charge in [-0.2, -0.15) is 4.39 Å². The lowest BCUT2D eigenvalue weighted by molar-refractivity contribution is -0.111. The molecule has 1 aliphatic carbocycles. The van der Waals surface area contributed by atoms with Gasteiger partial charge in [0.15, 0.2) is 5.78 Å². The molecule has 0 N–H and O–H groups in total. The molecule has 4 heteroatoms. The number of alkyl halides is 1. The van der Waals surface area contributed by atoms with Gasteiger partial charge in [0.1, 0.15) is 0 Å². The number of hydrogen-bond acceptors (Lipinski definition) is 3. The molecule has 1 aliphatic heterocycles. The van der Waals surface area contributed by atoms with Crippen LogP contribution in [0.15, 0.2) is 36.4 Å². The second kappa shape index (κ2) is 3.38. The molecule has 1 unspecified atom stereocenters. The minimum absolute atomic E-state index is 0.0910. The standard InChI is InChI=1S/C14H9FO3/c1-8-2-3-10-11(6-8)12-7-9(16)4-5-14(12,15)18-13(10)17/h2-7H,1H3. The van der Waals surface area contributed by atoms with E-state index in [2.05, 4.69) is 0 Å². The number of benzene rings is 1. The average Bonchev–Trinajstić information content (AvgIpc) is 2.31. The zero-order valence-corrected chi connectivity index (χ0v) is 9.57. The summed E-state index contributed by atoms with van der Waals surface area (Å²) in [5, 5.41) is 0. The highest BCUT2D eigenvalue weighted by atomic mass is 19.2. The zero-order chi connectivity index (χ0) is 12.9. The molecule has 2 aliphatic rings. The summed E-state index contributed by atoms with van der Waals surface area (Å²) in [6.45, 7) is 1.83. The van der Waals surface area contributed by atoms with E-state index in [9.17, 15) is 14.0 Å². The third kappa shape index (κ3) is 1.42. The predicted octanol–water partition coefficient (Wildman–Crippen LogP) is 2.35. The molecule has 0 spiro atoms. The van der Waals surface area contributed by atoms with Crippen LogP contribution in [-0.2, 0) is 9.53 Å². The van der Waals surface area contributed by atoms with E-state index in [1.165, 1.54) is 6.08 Å². The number of ether oxygens (including phenoxy) is 1. The fourth-order valence-electron chi connectivity index (χ4n) is 2.17. The van der Waals surface area contributed by atoms with Crippen molar-refractivity contribution in [3.63, 3.8) is 0 Å². The van der Waals surface area contributed by atoms with Crippen LogP contribution in [0.1, 0.15) is 21.5 Å². The van der Waals surface area contributed by atoms with E-state index in [0.717, 1.165) is 17.7 Å². The second-order valence-corrected chi connectivity index (χ2v) is 4.38. The van der Waals surface area contributed by atoms with Crippen LogP contribution in [0.3, 0.4) is 0 Å². The smallest absolute Gasteiger partial charge is 0.341 e. The number of ketones is 1. The fraction of sp³-hybridized carbons (Fsp3) is 0.143. The molecule has 0 saturated carbocycles. The van der Waals surface area contributed by atoms with Crippen molar-refractivity contribution in [2.75, 3.05) is 0 Å². The second-order valence-electron chi connectivity index (χ2n) is 4.38. The largest absolute Gasteiger partial charge is 0.417 e. The summed E-state index contributed by atoms with van der Waals surface area (Å²) in [5.41, 5.74) is 1.68. The van der Waals surface area contributed by atoms with E-state index in [-0.39, 0.29) is 16.9 Å². The quantitative estimate of drug-likeness (QED) is 0.658. The number of fused-ring (bicyclic) bond motifs is 3. The van der Waals surface area contributed by atoms with Crippen molar-refractivity contribution < 1.29 is 18.7 Å². The van der Waals surface area contributed by atoms with Crippen LogP contribution in [0.4, 0.5) is 4.39 Å². The highest BCUT2D eigenvalue weighted by Gasteiger charge is 2.45. The van der Waals surface area contributed by atoms with Crippen LogP contribution < -0.4 is 0 Å². The van der Waals surface area contributed by atoms with Crippen molar-refractivity contribution in [3.8, 4) is 0 Å². The first kappa shape index (κ1) is 10.9. The molecule has 3 rings (SSSR count). The Hall–Kier alpha value is -2.23. The Bertz CT molecular complexity index is 642. The molecule has 3 nitrogen and oxygen atoms in total. The zero-order valence-electron chi connectivity index (χ0n) is 9.57. The lowest BCUT2D eigenvalue weighted by atomic mass is 9.87.